The summed E-state index contributed by atoms with van der Waals surface area (Å²) in [5.74, 6) is -0.154. The second kappa shape index (κ2) is 6.98. The van der Waals surface area contributed by atoms with Crippen molar-refractivity contribution in [2.75, 3.05) is 13.1 Å². The normalized spacial score (nSPS) is 18.7. The van der Waals surface area contributed by atoms with Crippen molar-refractivity contribution in [2.45, 2.75) is 24.9 Å². The molecule has 0 bridgehead atoms. The lowest BCUT2D eigenvalue weighted by Gasteiger charge is -2.32. The Hall–Kier alpha value is -2.18. The van der Waals surface area contributed by atoms with Crippen molar-refractivity contribution in [1.29, 1.82) is 0 Å². The summed E-state index contributed by atoms with van der Waals surface area (Å²) in [6, 6.07) is 17.4. The molecule has 3 rings (SSSR count). The molecule has 1 unspecified atom stereocenters. The summed E-state index contributed by atoms with van der Waals surface area (Å²) in [4.78, 5) is 14.8. The van der Waals surface area contributed by atoms with E-state index in [0.29, 0.717) is 18.7 Å². The minimum Gasteiger partial charge on any atom is -0.320 e. The quantitative estimate of drug-likeness (QED) is 0.844. The highest BCUT2D eigenvalue weighted by Gasteiger charge is 2.43. The Kier molecular flexibility index (Phi) is 4.92. The van der Waals surface area contributed by atoms with Crippen LogP contribution in [0.2, 0.25) is 0 Å². The highest BCUT2D eigenvalue weighted by Crippen LogP contribution is 2.29. The van der Waals surface area contributed by atoms with Gasteiger partial charge in [-0.1, -0.05) is 50.2 Å². The second-order valence-corrected chi connectivity index (χ2v) is 8.34. The number of benzene rings is 2. The number of carbonyl (C=O) groups excluding carboxylic acids is 1. The summed E-state index contributed by atoms with van der Waals surface area (Å²) in [5.41, 5.74) is 0.576. The first-order valence-corrected chi connectivity index (χ1v) is 9.80. The first-order chi connectivity index (χ1) is 11.9. The Morgan fingerprint density at radius 3 is 2.08 bits per heavy atom. The molecule has 132 valence electrons. The zero-order chi connectivity index (χ0) is 18.0. The number of nitrogens with zero attached hydrogens (tertiary/aromatic N) is 2. The van der Waals surface area contributed by atoms with Gasteiger partial charge in [0.1, 0.15) is 6.17 Å². The maximum absolute atomic E-state index is 13.0. The largest absolute Gasteiger partial charge is 0.320 e. The highest BCUT2D eigenvalue weighted by atomic mass is 32.2. The Morgan fingerprint density at radius 2 is 1.52 bits per heavy atom. The Morgan fingerprint density at radius 1 is 0.960 bits per heavy atom. The van der Waals surface area contributed by atoms with Crippen LogP contribution in [-0.4, -0.2) is 42.8 Å². The Bertz CT molecular complexity index is 835. The lowest BCUT2D eigenvalue weighted by molar-refractivity contribution is 0.0633. The smallest absolute Gasteiger partial charge is 0.255 e. The summed E-state index contributed by atoms with van der Waals surface area (Å²) in [5, 5.41) is 0. The first-order valence-electron chi connectivity index (χ1n) is 8.36. The molecule has 0 aromatic heterocycles. The van der Waals surface area contributed by atoms with Gasteiger partial charge in [0.15, 0.2) is 0 Å². The monoisotopic (exact) mass is 358 g/mol. The number of hydrogen-bond acceptors (Lipinski definition) is 3. The van der Waals surface area contributed by atoms with Gasteiger partial charge < -0.3 is 4.90 Å². The van der Waals surface area contributed by atoms with Crippen LogP contribution < -0.4 is 0 Å². The molecule has 1 aliphatic heterocycles. The van der Waals surface area contributed by atoms with Gasteiger partial charge in [-0.25, -0.2) is 8.42 Å². The second-order valence-electron chi connectivity index (χ2n) is 6.45. The van der Waals surface area contributed by atoms with E-state index in [1.165, 1.54) is 4.31 Å². The third-order valence-electron chi connectivity index (χ3n) is 4.40. The molecule has 0 saturated carbocycles. The highest BCUT2D eigenvalue weighted by molar-refractivity contribution is 7.89. The van der Waals surface area contributed by atoms with Gasteiger partial charge in [-0.05, 0) is 30.2 Å². The number of sulfonamides is 1. The van der Waals surface area contributed by atoms with E-state index in [9.17, 15) is 13.2 Å². The summed E-state index contributed by atoms with van der Waals surface area (Å²) in [7, 11) is -3.64. The van der Waals surface area contributed by atoms with E-state index in [1.54, 1.807) is 47.4 Å². The molecule has 0 spiro atoms. The number of amides is 1. The fourth-order valence-electron chi connectivity index (χ4n) is 3.28. The van der Waals surface area contributed by atoms with Crippen LogP contribution in [0.3, 0.4) is 0 Å². The standard InChI is InChI=1S/C19H22N2O3S/c1-15(2)18-20(19(22)16-9-5-3-6-10-16)13-14-21(18)25(23,24)17-11-7-4-8-12-17/h3-12,15,18H,13-14H2,1-2H3. The molecule has 0 radical (unpaired) electrons. The predicted molar refractivity (Wildman–Crippen MR) is 96.4 cm³/mol. The van der Waals surface area contributed by atoms with Crippen LogP contribution in [0.1, 0.15) is 24.2 Å². The molecule has 2 aromatic rings. The fourth-order valence-corrected chi connectivity index (χ4v) is 5.01. The van der Waals surface area contributed by atoms with E-state index in [4.69, 9.17) is 0 Å². The molecule has 1 amide bonds. The fraction of sp³-hybridized carbons (Fsp3) is 0.316. The lowest BCUT2D eigenvalue weighted by atomic mass is 10.1. The molecular weight excluding hydrogens is 336 g/mol. The molecule has 1 aliphatic rings. The van der Waals surface area contributed by atoms with Crippen molar-refractivity contribution in [2.24, 2.45) is 5.92 Å². The Labute approximate surface area is 148 Å². The molecule has 25 heavy (non-hydrogen) atoms. The predicted octanol–water partition coefficient (Wildman–Crippen LogP) is 2.82. The van der Waals surface area contributed by atoms with Gasteiger partial charge in [-0.3, -0.25) is 4.79 Å². The van der Waals surface area contributed by atoms with Gasteiger partial charge in [-0.15, -0.1) is 0 Å². The van der Waals surface area contributed by atoms with Crippen LogP contribution in [0.4, 0.5) is 0 Å². The van der Waals surface area contributed by atoms with Crippen molar-refractivity contribution >= 4 is 15.9 Å². The van der Waals surface area contributed by atoms with E-state index in [-0.39, 0.29) is 16.7 Å². The van der Waals surface area contributed by atoms with E-state index < -0.39 is 16.2 Å². The van der Waals surface area contributed by atoms with Crippen molar-refractivity contribution in [1.82, 2.24) is 9.21 Å². The van der Waals surface area contributed by atoms with Gasteiger partial charge in [-0.2, -0.15) is 4.31 Å². The van der Waals surface area contributed by atoms with Crippen molar-refractivity contribution in [3.8, 4) is 0 Å². The average molecular weight is 358 g/mol. The van der Waals surface area contributed by atoms with Crippen LogP contribution >= 0.6 is 0 Å². The maximum Gasteiger partial charge on any atom is 0.255 e. The number of rotatable bonds is 4. The van der Waals surface area contributed by atoms with E-state index in [0.717, 1.165) is 0 Å². The minimum atomic E-state index is -3.64. The molecule has 0 aliphatic carbocycles. The summed E-state index contributed by atoms with van der Waals surface area (Å²) in [6.07, 6.45) is -0.488. The van der Waals surface area contributed by atoms with Crippen molar-refractivity contribution < 1.29 is 13.2 Å². The van der Waals surface area contributed by atoms with E-state index >= 15 is 0 Å². The maximum atomic E-state index is 13.0. The molecule has 1 atom stereocenters. The van der Waals surface area contributed by atoms with Gasteiger partial charge in [0, 0.05) is 18.7 Å². The zero-order valence-electron chi connectivity index (χ0n) is 14.4. The number of hydrogen-bond donors (Lipinski definition) is 0. The molecule has 1 heterocycles. The van der Waals surface area contributed by atoms with Crippen LogP contribution in [0.25, 0.3) is 0 Å². The zero-order valence-corrected chi connectivity index (χ0v) is 15.2. The van der Waals surface area contributed by atoms with Crippen LogP contribution in [-0.2, 0) is 10.0 Å². The SMILES string of the molecule is CC(C)C1N(C(=O)c2ccccc2)CCN1S(=O)(=O)c1ccccc1. The first kappa shape index (κ1) is 17.6. The molecule has 2 aromatic carbocycles. The third kappa shape index (κ3) is 3.32. The Balaban J connectivity index is 1.94. The molecule has 0 N–H and O–H groups in total. The van der Waals surface area contributed by atoms with Crippen molar-refractivity contribution in [3.63, 3.8) is 0 Å². The van der Waals surface area contributed by atoms with Crippen molar-refractivity contribution in [3.05, 3.63) is 66.2 Å². The van der Waals surface area contributed by atoms with E-state index in [2.05, 4.69) is 0 Å². The minimum absolute atomic E-state index is 0.0198. The average Bonchev–Trinajstić information content (AvgIpc) is 3.09. The van der Waals surface area contributed by atoms with Crippen LogP contribution in [0.5, 0.6) is 0 Å². The van der Waals surface area contributed by atoms with Gasteiger partial charge >= 0.3 is 0 Å². The topological polar surface area (TPSA) is 57.7 Å². The molecule has 1 saturated heterocycles. The number of carbonyl (C=O) groups is 1. The lowest BCUT2D eigenvalue weighted by Crippen LogP contribution is -2.47. The third-order valence-corrected chi connectivity index (χ3v) is 6.29. The molecule has 5 nitrogen and oxygen atoms in total. The van der Waals surface area contributed by atoms with Gasteiger partial charge in [0.05, 0.1) is 4.90 Å². The van der Waals surface area contributed by atoms with Gasteiger partial charge in [0.2, 0.25) is 10.0 Å². The summed E-state index contributed by atoms with van der Waals surface area (Å²) >= 11 is 0. The molecule has 1 fully saturated rings. The summed E-state index contributed by atoms with van der Waals surface area (Å²) < 4.78 is 27.5. The van der Waals surface area contributed by atoms with Crippen LogP contribution in [0.15, 0.2) is 65.6 Å². The van der Waals surface area contributed by atoms with Gasteiger partial charge in [0.25, 0.3) is 5.91 Å². The summed E-state index contributed by atoms with van der Waals surface area (Å²) in [6.45, 7) is 4.57. The van der Waals surface area contributed by atoms with Crippen LogP contribution in [0, 0.1) is 5.92 Å². The van der Waals surface area contributed by atoms with E-state index in [1.807, 2.05) is 32.0 Å². The molecular formula is C19H22N2O3S. The molecule has 6 heteroatoms.